The monoisotopic (exact) mass is 558 g/mol. The molecule has 41 heavy (non-hydrogen) atoms. The molecule has 0 bridgehead atoms. The van der Waals surface area contributed by atoms with Gasteiger partial charge in [-0.2, -0.15) is 0 Å². The van der Waals surface area contributed by atoms with Crippen molar-refractivity contribution in [1.29, 1.82) is 0 Å². The van der Waals surface area contributed by atoms with E-state index in [0.717, 1.165) is 32.0 Å². The van der Waals surface area contributed by atoms with E-state index in [1.165, 1.54) is 10.5 Å². The molecular weight excluding hydrogens is 530 g/mol. The van der Waals surface area contributed by atoms with Gasteiger partial charge >= 0.3 is 5.97 Å². The quantitative estimate of drug-likeness (QED) is 0.297. The normalized spacial score (nSPS) is 19.4. The molecule has 2 fully saturated rings. The fourth-order valence-corrected chi connectivity index (χ4v) is 6.75. The number of nitrogens with one attached hydrogen (secondary N) is 2. The molecule has 2 atom stereocenters. The minimum atomic E-state index is -1.31. The molecule has 0 radical (unpaired) electrons. The third-order valence-corrected chi connectivity index (χ3v) is 8.88. The second-order valence-corrected chi connectivity index (χ2v) is 11.0. The van der Waals surface area contributed by atoms with Crippen molar-refractivity contribution in [2.45, 2.75) is 18.9 Å². The fraction of sp³-hybridized carbons (Fsp3) is 0.300. The second-order valence-electron chi connectivity index (χ2n) is 11.0. The molecule has 2 aliphatic heterocycles. The van der Waals surface area contributed by atoms with Gasteiger partial charge in [0.25, 0.3) is 5.56 Å². The predicted octanol–water partition coefficient (Wildman–Crippen LogP) is 4.54. The number of likely N-dealkylation sites (N-methyl/N-ethyl adjacent to an activating group) is 1. The maximum atomic E-state index is 15.6. The van der Waals surface area contributed by atoms with Crippen molar-refractivity contribution in [3.05, 3.63) is 70.3 Å². The first-order chi connectivity index (χ1) is 19.8. The number of carboxylic acids is 1. The SMILES string of the molecule is CNc1cc(F)c(F)c2c1[nH]c1ncc(-c3ccc4ccc(C(=O)O)c(=O)n4c3)c(N3CC[C@H]4CCN(C)[C@H]4C3)c12. The lowest BCUT2D eigenvalue weighted by molar-refractivity contribution is 0.0694. The lowest BCUT2D eigenvalue weighted by atomic mass is 9.91. The Labute approximate surface area is 233 Å². The van der Waals surface area contributed by atoms with Crippen LogP contribution in [0.3, 0.4) is 0 Å². The van der Waals surface area contributed by atoms with Crippen LogP contribution in [0.5, 0.6) is 0 Å². The standard InChI is InChI=1S/C30H28F2N6O3/c1-33-21-11-20(31)25(32)23-24-27(37-10-8-15-7-9-36(2)22(15)14-37)19(12-34-28(24)35-26(21)23)16-3-4-17-5-6-18(30(40)41)29(39)38(17)13-16/h3-6,11-13,15,22,33H,7-10,14H2,1-2H3,(H,34,35)(H,40,41)/t15-,22+/m1/s1. The van der Waals surface area contributed by atoms with Crippen LogP contribution in [0.2, 0.25) is 0 Å². The zero-order valence-corrected chi connectivity index (χ0v) is 22.5. The van der Waals surface area contributed by atoms with E-state index in [1.807, 2.05) is 6.07 Å². The molecule has 2 aliphatic rings. The number of hydrogen-bond acceptors (Lipinski definition) is 6. The van der Waals surface area contributed by atoms with Crippen LogP contribution in [0, 0.1) is 17.6 Å². The number of H-pyrrole nitrogens is 1. The van der Waals surface area contributed by atoms with E-state index >= 15 is 4.39 Å². The Hall–Kier alpha value is -4.51. The van der Waals surface area contributed by atoms with Crippen LogP contribution in [0.25, 0.3) is 38.6 Å². The molecule has 0 unspecified atom stereocenters. The average molecular weight is 559 g/mol. The molecule has 2 saturated heterocycles. The molecule has 210 valence electrons. The van der Waals surface area contributed by atoms with E-state index in [2.05, 4.69) is 32.1 Å². The summed E-state index contributed by atoms with van der Waals surface area (Å²) in [6, 6.07) is 7.89. The molecule has 6 heterocycles. The molecule has 7 rings (SSSR count). The minimum Gasteiger partial charge on any atom is -0.477 e. The summed E-state index contributed by atoms with van der Waals surface area (Å²) in [5.74, 6) is -2.66. The lowest BCUT2D eigenvalue weighted by Gasteiger charge is -2.39. The highest BCUT2D eigenvalue weighted by Crippen LogP contribution is 2.45. The van der Waals surface area contributed by atoms with Crippen molar-refractivity contribution < 1.29 is 18.7 Å². The number of aromatic nitrogens is 3. The summed E-state index contributed by atoms with van der Waals surface area (Å²) < 4.78 is 31.8. The highest BCUT2D eigenvalue weighted by molar-refractivity contribution is 6.18. The third-order valence-electron chi connectivity index (χ3n) is 8.88. The zero-order chi connectivity index (χ0) is 28.6. The number of halogens is 2. The Kier molecular flexibility index (Phi) is 5.75. The summed E-state index contributed by atoms with van der Waals surface area (Å²) in [5, 5.41) is 13.0. The molecule has 0 aliphatic carbocycles. The number of carboxylic acid groups (broad SMARTS) is 1. The van der Waals surface area contributed by atoms with Gasteiger partial charge in [0, 0.05) is 61.3 Å². The van der Waals surface area contributed by atoms with Crippen LogP contribution >= 0.6 is 0 Å². The summed E-state index contributed by atoms with van der Waals surface area (Å²) in [6.07, 6.45) is 5.36. The summed E-state index contributed by atoms with van der Waals surface area (Å²) in [4.78, 5) is 37.1. The maximum Gasteiger partial charge on any atom is 0.341 e. The minimum absolute atomic E-state index is 0.113. The third kappa shape index (κ3) is 3.79. The predicted molar refractivity (Wildman–Crippen MR) is 154 cm³/mol. The van der Waals surface area contributed by atoms with Crippen LogP contribution in [0.15, 0.2) is 47.5 Å². The Morgan fingerprint density at radius 2 is 1.93 bits per heavy atom. The number of nitrogens with zero attached hydrogens (tertiary/aromatic N) is 4. The number of anilines is 2. The van der Waals surface area contributed by atoms with Crippen LogP contribution in [-0.2, 0) is 0 Å². The van der Waals surface area contributed by atoms with Crippen LogP contribution in [0.4, 0.5) is 20.2 Å². The number of piperidine rings is 1. The van der Waals surface area contributed by atoms with Gasteiger partial charge in [-0.05, 0) is 50.6 Å². The van der Waals surface area contributed by atoms with Gasteiger partial charge in [-0.1, -0.05) is 6.07 Å². The van der Waals surface area contributed by atoms with Gasteiger partial charge in [0.15, 0.2) is 11.6 Å². The molecule has 1 aromatic carbocycles. The molecular formula is C30H28F2N6O3. The van der Waals surface area contributed by atoms with Crippen LogP contribution in [0.1, 0.15) is 23.2 Å². The van der Waals surface area contributed by atoms with E-state index in [0.29, 0.717) is 63.1 Å². The van der Waals surface area contributed by atoms with Gasteiger partial charge in [0.2, 0.25) is 0 Å². The molecule has 4 aromatic heterocycles. The number of benzene rings is 1. The van der Waals surface area contributed by atoms with Gasteiger partial charge < -0.3 is 25.2 Å². The molecule has 3 N–H and O–H groups in total. The average Bonchev–Trinajstić information content (AvgIpc) is 3.55. The smallest absolute Gasteiger partial charge is 0.341 e. The van der Waals surface area contributed by atoms with E-state index in [-0.39, 0.29) is 10.9 Å². The first-order valence-corrected chi connectivity index (χ1v) is 13.6. The maximum absolute atomic E-state index is 15.6. The molecule has 5 aromatic rings. The van der Waals surface area contributed by atoms with Crippen molar-refractivity contribution in [3.8, 4) is 11.1 Å². The number of pyridine rings is 3. The largest absolute Gasteiger partial charge is 0.477 e. The van der Waals surface area contributed by atoms with E-state index in [4.69, 9.17) is 0 Å². The fourth-order valence-electron chi connectivity index (χ4n) is 6.75. The number of fused-ring (bicyclic) bond motifs is 5. The lowest BCUT2D eigenvalue weighted by Crippen LogP contribution is -2.47. The number of aromatic amines is 1. The molecule has 0 spiro atoms. The van der Waals surface area contributed by atoms with Crippen molar-refractivity contribution in [1.82, 2.24) is 19.3 Å². The number of carbonyl (C=O) groups is 1. The van der Waals surface area contributed by atoms with Gasteiger partial charge in [0.1, 0.15) is 11.2 Å². The van der Waals surface area contributed by atoms with Crippen molar-refractivity contribution in [2.75, 3.05) is 43.9 Å². The summed E-state index contributed by atoms with van der Waals surface area (Å²) in [7, 11) is 3.77. The summed E-state index contributed by atoms with van der Waals surface area (Å²) in [6.45, 7) is 2.44. The van der Waals surface area contributed by atoms with Crippen LogP contribution < -0.4 is 15.8 Å². The van der Waals surface area contributed by atoms with Gasteiger partial charge in [0.05, 0.1) is 27.7 Å². The highest BCUT2D eigenvalue weighted by Gasteiger charge is 2.38. The van der Waals surface area contributed by atoms with Crippen molar-refractivity contribution in [2.24, 2.45) is 5.92 Å². The van der Waals surface area contributed by atoms with E-state index in [9.17, 15) is 19.1 Å². The Bertz CT molecular complexity index is 1950. The van der Waals surface area contributed by atoms with Gasteiger partial charge in [-0.25, -0.2) is 18.6 Å². The Balaban J connectivity index is 1.53. The second kappa shape index (κ2) is 9.27. The molecule has 11 heteroatoms. The molecule has 0 amide bonds. The molecule has 0 saturated carbocycles. The van der Waals surface area contributed by atoms with Crippen LogP contribution in [-0.4, -0.2) is 70.1 Å². The first kappa shape index (κ1) is 25.5. The summed E-state index contributed by atoms with van der Waals surface area (Å²) >= 11 is 0. The Morgan fingerprint density at radius 1 is 1.15 bits per heavy atom. The van der Waals surface area contributed by atoms with E-state index < -0.39 is 23.2 Å². The number of hydrogen-bond donors (Lipinski definition) is 3. The number of rotatable bonds is 4. The highest BCUT2D eigenvalue weighted by atomic mass is 19.2. The number of likely N-dealkylation sites (tertiary alicyclic amines) is 1. The van der Waals surface area contributed by atoms with E-state index in [1.54, 1.807) is 31.6 Å². The molecule has 9 nitrogen and oxygen atoms in total. The summed E-state index contributed by atoms with van der Waals surface area (Å²) in [5.41, 5.74) is 2.74. The zero-order valence-electron chi connectivity index (χ0n) is 22.5. The Morgan fingerprint density at radius 3 is 2.71 bits per heavy atom. The first-order valence-electron chi connectivity index (χ1n) is 13.6. The van der Waals surface area contributed by atoms with Gasteiger partial charge in [-0.15, -0.1) is 0 Å². The number of aromatic carboxylic acids is 1. The topological polar surface area (TPSA) is 106 Å². The van der Waals surface area contributed by atoms with Crippen molar-refractivity contribution in [3.63, 3.8) is 0 Å². The van der Waals surface area contributed by atoms with Gasteiger partial charge in [-0.3, -0.25) is 9.20 Å². The van der Waals surface area contributed by atoms with Crippen molar-refractivity contribution >= 4 is 44.8 Å².